The van der Waals surface area contributed by atoms with Crippen molar-refractivity contribution >= 4 is 25.8 Å². The van der Waals surface area contributed by atoms with Gasteiger partial charge in [-0.1, -0.05) is 37.5 Å². The Morgan fingerprint density at radius 1 is 1.07 bits per heavy atom. The van der Waals surface area contributed by atoms with E-state index in [0.717, 1.165) is 0 Å². The van der Waals surface area contributed by atoms with Crippen LogP contribution in [0.4, 0.5) is 5.69 Å². The van der Waals surface area contributed by atoms with E-state index in [1.54, 1.807) is 0 Å². The number of halogens is 1. The van der Waals surface area contributed by atoms with Crippen LogP contribution in [-0.4, -0.2) is 15.0 Å². The van der Waals surface area contributed by atoms with E-state index in [9.17, 15) is 0 Å². The summed E-state index contributed by atoms with van der Waals surface area (Å²) >= 11 is 6.20. The molecule has 1 aliphatic rings. The summed E-state index contributed by atoms with van der Waals surface area (Å²) in [6.45, 7) is 0. The van der Waals surface area contributed by atoms with E-state index >= 15 is 0 Å². The van der Waals surface area contributed by atoms with Gasteiger partial charge >= 0.3 is 0 Å². The summed E-state index contributed by atoms with van der Waals surface area (Å²) in [6.07, 6.45) is 6.81. The van der Waals surface area contributed by atoms with Crippen LogP contribution >= 0.6 is 11.1 Å². The average molecular weight is 240 g/mol. The monoisotopic (exact) mass is 239 g/mol. The Labute approximate surface area is 99.0 Å². The highest BCUT2D eigenvalue weighted by Crippen LogP contribution is 2.26. The average Bonchev–Trinajstić information content (AvgIpc) is 2.33. The van der Waals surface area contributed by atoms with E-state index in [2.05, 4.69) is 34.9 Å². The number of anilines is 1. The number of benzene rings is 1. The SMILES string of the molecule is Cl[SiH2]N(c1ccccc1)C1CCCCC1. The van der Waals surface area contributed by atoms with Crippen LogP contribution in [0.25, 0.3) is 0 Å². The molecule has 0 spiro atoms. The maximum atomic E-state index is 6.20. The fourth-order valence-electron chi connectivity index (χ4n) is 2.39. The Bertz CT molecular complexity index is 285. The van der Waals surface area contributed by atoms with Gasteiger partial charge in [-0.25, -0.2) is 0 Å². The summed E-state index contributed by atoms with van der Waals surface area (Å²) in [4.78, 5) is 0. The lowest BCUT2D eigenvalue weighted by molar-refractivity contribution is 0.444. The molecule has 1 aliphatic carbocycles. The fraction of sp³-hybridized carbons (Fsp3) is 0.500. The highest BCUT2D eigenvalue weighted by molar-refractivity contribution is 6.95. The van der Waals surface area contributed by atoms with Crippen LogP contribution < -0.4 is 4.57 Å². The molecule has 0 N–H and O–H groups in total. The number of hydrogen-bond donors (Lipinski definition) is 0. The second-order valence-electron chi connectivity index (χ2n) is 4.22. The summed E-state index contributed by atoms with van der Waals surface area (Å²) in [6, 6.07) is 11.4. The first-order valence-electron chi connectivity index (χ1n) is 5.79. The third-order valence-electron chi connectivity index (χ3n) is 3.23. The topological polar surface area (TPSA) is 3.24 Å². The third-order valence-corrected chi connectivity index (χ3v) is 5.14. The van der Waals surface area contributed by atoms with Gasteiger partial charge in [0.2, 0.25) is 8.99 Å². The molecular formula is C12H18ClNSi. The summed E-state index contributed by atoms with van der Waals surface area (Å²) in [7, 11) is -0.610. The van der Waals surface area contributed by atoms with Crippen molar-refractivity contribution in [1.29, 1.82) is 0 Å². The molecule has 82 valence electrons. The molecule has 0 bridgehead atoms. The first-order chi connectivity index (χ1) is 7.42. The van der Waals surface area contributed by atoms with E-state index in [1.807, 2.05) is 0 Å². The lowest BCUT2D eigenvalue weighted by atomic mass is 9.95. The Balaban J connectivity index is 2.09. The summed E-state index contributed by atoms with van der Waals surface area (Å²) in [5.41, 5.74) is 1.33. The maximum Gasteiger partial charge on any atom is 0.224 e. The molecule has 1 aromatic carbocycles. The van der Waals surface area contributed by atoms with Crippen LogP contribution in [0, 0.1) is 0 Å². The van der Waals surface area contributed by atoms with Crippen molar-refractivity contribution in [2.24, 2.45) is 0 Å². The lowest BCUT2D eigenvalue weighted by Gasteiger charge is -2.34. The zero-order valence-corrected chi connectivity index (χ0v) is 11.2. The van der Waals surface area contributed by atoms with Crippen molar-refractivity contribution < 1.29 is 0 Å². The molecule has 1 aromatic rings. The largest absolute Gasteiger partial charge is 0.387 e. The van der Waals surface area contributed by atoms with Crippen LogP contribution in [0.15, 0.2) is 30.3 Å². The minimum absolute atomic E-state index is 0.610. The van der Waals surface area contributed by atoms with E-state index in [0.29, 0.717) is 6.04 Å². The second-order valence-corrected chi connectivity index (χ2v) is 5.85. The van der Waals surface area contributed by atoms with Crippen molar-refractivity contribution in [3.8, 4) is 0 Å². The molecule has 15 heavy (non-hydrogen) atoms. The van der Waals surface area contributed by atoms with Gasteiger partial charge in [0, 0.05) is 11.7 Å². The van der Waals surface area contributed by atoms with Gasteiger partial charge in [-0.05, 0) is 25.0 Å². The standard InChI is InChI=1S/C12H18ClNSi/c13-15-14(11-7-3-1-4-8-11)12-9-5-2-6-10-12/h1,3-4,7-8,12H,2,5-6,9-10,15H2. The zero-order chi connectivity index (χ0) is 10.5. The molecule has 2 rings (SSSR count). The molecule has 0 saturated heterocycles. The van der Waals surface area contributed by atoms with Crippen molar-refractivity contribution in [2.45, 2.75) is 38.1 Å². The van der Waals surface area contributed by atoms with E-state index in [4.69, 9.17) is 11.1 Å². The van der Waals surface area contributed by atoms with Crippen molar-refractivity contribution in [3.05, 3.63) is 30.3 Å². The summed E-state index contributed by atoms with van der Waals surface area (Å²) in [5.74, 6) is 0. The van der Waals surface area contributed by atoms with Crippen LogP contribution in [0.3, 0.4) is 0 Å². The summed E-state index contributed by atoms with van der Waals surface area (Å²) in [5, 5.41) is 0. The lowest BCUT2D eigenvalue weighted by Crippen LogP contribution is -2.37. The van der Waals surface area contributed by atoms with Gasteiger partial charge in [0.15, 0.2) is 0 Å². The van der Waals surface area contributed by atoms with Gasteiger partial charge in [0.1, 0.15) is 0 Å². The Morgan fingerprint density at radius 3 is 2.33 bits per heavy atom. The van der Waals surface area contributed by atoms with Crippen molar-refractivity contribution in [1.82, 2.24) is 0 Å². The van der Waals surface area contributed by atoms with Crippen LogP contribution in [0.5, 0.6) is 0 Å². The minimum atomic E-state index is -0.610. The molecule has 0 atom stereocenters. The third kappa shape index (κ3) is 2.76. The number of rotatable bonds is 3. The second kappa shape index (κ2) is 5.57. The van der Waals surface area contributed by atoms with Gasteiger partial charge in [-0.2, -0.15) is 0 Å². The molecule has 0 aromatic heterocycles. The molecule has 1 nitrogen and oxygen atoms in total. The highest BCUT2D eigenvalue weighted by atomic mass is 35.6. The number of hydrogen-bond acceptors (Lipinski definition) is 1. The highest BCUT2D eigenvalue weighted by Gasteiger charge is 2.20. The number of para-hydroxylation sites is 1. The van der Waals surface area contributed by atoms with Gasteiger partial charge in [-0.3, -0.25) is 0 Å². The molecule has 0 heterocycles. The van der Waals surface area contributed by atoms with Gasteiger partial charge in [0.05, 0.1) is 0 Å². The van der Waals surface area contributed by atoms with Crippen molar-refractivity contribution in [2.75, 3.05) is 4.57 Å². The normalized spacial score (nSPS) is 18.5. The molecular weight excluding hydrogens is 222 g/mol. The first kappa shape index (κ1) is 11.0. The smallest absolute Gasteiger partial charge is 0.224 e. The molecule has 0 radical (unpaired) electrons. The quantitative estimate of drug-likeness (QED) is 0.579. The Hall–Kier alpha value is -0.473. The minimum Gasteiger partial charge on any atom is -0.387 e. The molecule has 0 unspecified atom stereocenters. The summed E-state index contributed by atoms with van der Waals surface area (Å²) < 4.78 is 2.47. The van der Waals surface area contributed by atoms with Crippen LogP contribution in [0.1, 0.15) is 32.1 Å². The zero-order valence-electron chi connectivity index (χ0n) is 9.03. The molecule has 3 heteroatoms. The van der Waals surface area contributed by atoms with Crippen LogP contribution in [-0.2, 0) is 0 Å². The molecule has 0 amide bonds. The molecule has 0 aliphatic heterocycles. The maximum absolute atomic E-state index is 6.20. The van der Waals surface area contributed by atoms with Gasteiger partial charge in [-0.15, -0.1) is 11.1 Å². The Kier molecular flexibility index (Phi) is 4.09. The Morgan fingerprint density at radius 2 is 1.73 bits per heavy atom. The predicted molar refractivity (Wildman–Crippen MR) is 70.2 cm³/mol. The van der Waals surface area contributed by atoms with E-state index in [-0.39, 0.29) is 0 Å². The van der Waals surface area contributed by atoms with Crippen LogP contribution in [0.2, 0.25) is 0 Å². The predicted octanol–water partition coefficient (Wildman–Crippen LogP) is 3.06. The van der Waals surface area contributed by atoms with E-state index < -0.39 is 8.99 Å². The fourth-order valence-corrected chi connectivity index (χ4v) is 4.30. The first-order valence-corrected chi connectivity index (χ1v) is 8.56. The number of nitrogens with zero attached hydrogens (tertiary/aromatic N) is 1. The van der Waals surface area contributed by atoms with E-state index in [1.165, 1.54) is 37.8 Å². The molecule has 1 fully saturated rings. The van der Waals surface area contributed by atoms with Gasteiger partial charge < -0.3 is 4.57 Å². The van der Waals surface area contributed by atoms with Gasteiger partial charge in [0.25, 0.3) is 0 Å². The molecule has 1 saturated carbocycles. The van der Waals surface area contributed by atoms with Crippen molar-refractivity contribution in [3.63, 3.8) is 0 Å².